The minimum atomic E-state index is -0.268. The predicted octanol–water partition coefficient (Wildman–Crippen LogP) is 3.90. The molecule has 0 spiro atoms. The molecule has 2 heterocycles. The van der Waals surface area contributed by atoms with E-state index < -0.39 is 0 Å². The average molecular weight is 402 g/mol. The summed E-state index contributed by atoms with van der Waals surface area (Å²) in [7, 11) is 0. The molecule has 1 aliphatic rings. The molecule has 1 saturated heterocycles. The zero-order chi connectivity index (χ0) is 19.3. The van der Waals surface area contributed by atoms with E-state index in [1.54, 1.807) is 12.1 Å². The number of hydrogen-bond acceptors (Lipinski definition) is 3. The van der Waals surface area contributed by atoms with Crippen LogP contribution in [0.1, 0.15) is 11.1 Å². The molecule has 0 amide bonds. The first-order valence-electron chi connectivity index (χ1n) is 9.73. The van der Waals surface area contributed by atoms with Crippen LogP contribution in [0, 0.1) is 5.82 Å². The average Bonchev–Trinajstić information content (AvgIpc) is 3.07. The Morgan fingerprint density at radius 3 is 2.71 bits per heavy atom. The minimum absolute atomic E-state index is 0.268. The topological polar surface area (TPSA) is 29.4 Å². The molecule has 3 aromatic rings. The number of benzene rings is 2. The number of fused-ring (bicyclic) bond motifs is 1. The van der Waals surface area contributed by atoms with E-state index >= 15 is 0 Å². The molecule has 0 unspecified atom stereocenters. The molecule has 0 saturated carbocycles. The molecule has 0 bridgehead atoms. The fourth-order valence-corrected chi connectivity index (χ4v) is 3.96. The van der Waals surface area contributed by atoms with Crippen LogP contribution in [0.3, 0.4) is 0 Å². The van der Waals surface area contributed by atoms with Crippen molar-refractivity contribution in [2.75, 3.05) is 39.4 Å². The summed E-state index contributed by atoms with van der Waals surface area (Å²) in [6.07, 6.45) is 2.11. The van der Waals surface area contributed by atoms with E-state index in [0.717, 1.165) is 51.5 Å². The van der Waals surface area contributed by atoms with Crippen molar-refractivity contribution in [3.63, 3.8) is 0 Å². The Morgan fingerprint density at radius 2 is 1.89 bits per heavy atom. The summed E-state index contributed by atoms with van der Waals surface area (Å²) in [5, 5.41) is 5.19. The van der Waals surface area contributed by atoms with E-state index in [0.29, 0.717) is 17.1 Å². The molecule has 4 nitrogen and oxygen atoms in total. The van der Waals surface area contributed by atoms with Crippen LogP contribution in [0.4, 0.5) is 4.39 Å². The van der Waals surface area contributed by atoms with Crippen molar-refractivity contribution >= 4 is 22.5 Å². The smallest absolute Gasteiger partial charge is 0.129 e. The quantitative estimate of drug-likeness (QED) is 0.609. The van der Waals surface area contributed by atoms with Crippen LogP contribution in [0.25, 0.3) is 10.9 Å². The number of aromatic nitrogens is 1. The normalized spacial score (nSPS) is 15.4. The van der Waals surface area contributed by atoms with E-state index in [-0.39, 0.29) is 5.82 Å². The van der Waals surface area contributed by atoms with Gasteiger partial charge in [-0.2, -0.15) is 0 Å². The van der Waals surface area contributed by atoms with E-state index in [2.05, 4.69) is 33.1 Å². The minimum Gasteiger partial charge on any atom is -0.379 e. The standard InChI is InChI=1S/C22H25ClFN3O/c23-20-5-3-6-21(24)19(20)16-27-15-17(18-4-1-2-7-22(18)27)14-25-8-9-26-10-12-28-13-11-26/h1-7,15,25H,8-14,16H2. The molecule has 6 heteroatoms. The molecular weight excluding hydrogens is 377 g/mol. The molecule has 28 heavy (non-hydrogen) atoms. The Morgan fingerprint density at radius 1 is 1.07 bits per heavy atom. The van der Waals surface area contributed by atoms with Crippen molar-refractivity contribution in [3.05, 3.63) is 70.6 Å². The van der Waals surface area contributed by atoms with E-state index in [1.165, 1.54) is 17.0 Å². The van der Waals surface area contributed by atoms with Gasteiger partial charge < -0.3 is 14.6 Å². The van der Waals surface area contributed by atoms with Crippen LogP contribution in [0.5, 0.6) is 0 Å². The molecular formula is C22H25ClFN3O. The summed E-state index contributed by atoms with van der Waals surface area (Å²) >= 11 is 6.23. The fourth-order valence-electron chi connectivity index (χ4n) is 3.73. The van der Waals surface area contributed by atoms with Gasteiger partial charge in [0.1, 0.15) is 5.82 Å². The third-order valence-corrected chi connectivity index (χ3v) is 5.64. The number of nitrogens with one attached hydrogen (secondary N) is 1. The summed E-state index contributed by atoms with van der Waals surface area (Å²) in [6, 6.07) is 13.1. The predicted molar refractivity (Wildman–Crippen MR) is 111 cm³/mol. The molecule has 148 valence electrons. The first-order valence-corrected chi connectivity index (χ1v) is 10.1. The highest BCUT2D eigenvalue weighted by Gasteiger charge is 2.13. The number of hydrogen-bond donors (Lipinski definition) is 1. The second kappa shape index (κ2) is 9.05. The van der Waals surface area contributed by atoms with Gasteiger partial charge in [0.2, 0.25) is 0 Å². The first kappa shape index (κ1) is 19.4. The lowest BCUT2D eigenvalue weighted by Crippen LogP contribution is -2.40. The molecule has 0 atom stereocenters. The van der Waals surface area contributed by atoms with Crippen LogP contribution in [0.15, 0.2) is 48.7 Å². The van der Waals surface area contributed by atoms with Crippen molar-refractivity contribution in [1.82, 2.24) is 14.8 Å². The van der Waals surface area contributed by atoms with Crippen molar-refractivity contribution in [2.24, 2.45) is 0 Å². The van der Waals surface area contributed by atoms with Gasteiger partial charge in [-0.25, -0.2) is 4.39 Å². The van der Waals surface area contributed by atoms with Crippen molar-refractivity contribution in [3.8, 4) is 0 Å². The largest absolute Gasteiger partial charge is 0.379 e. The fraction of sp³-hybridized carbons (Fsp3) is 0.364. The molecule has 4 rings (SSSR count). The maximum Gasteiger partial charge on any atom is 0.129 e. The Bertz CT molecular complexity index is 916. The Balaban J connectivity index is 1.47. The second-order valence-corrected chi connectivity index (χ2v) is 7.54. The summed E-state index contributed by atoms with van der Waals surface area (Å²) in [4.78, 5) is 2.42. The Labute approximate surface area is 169 Å². The third-order valence-electron chi connectivity index (χ3n) is 5.29. The van der Waals surface area contributed by atoms with Gasteiger partial charge in [-0.1, -0.05) is 35.9 Å². The zero-order valence-corrected chi connectivity index (χ0v) is 16.6. The highest BCUT2D eigenvalue weighted by atomic mass is 35.5. The van der Waals surface area contributed by atoms with E-state index in [1.807, 2.05) is 12.1 Å². The maximum atomic E-state index is 14.2. The zero-order valence-electron chi connectivity index (χ0n) is 15.8. The van der Waals surface area contributed by atoms with Crippen molar-refractivity contribution < 1.29 is 9.13 Å². The van der Waals surface area contributed by atoms with Gasteiger partial charge in [-0.15, -0.1) is 0 Å². The lowest BCUT2D eigenvalue weighted by Gasteiger charge is -2.26. The number of rotatable bonds is 7. The van der Waals surface area contributed by atoms with E-state index in [4.69, 9.17) is 16.3 Å². The molecule has 0 aliphatic carbocycles. The van der Waals surface area contributed by atoms with Gasteiger partial charge in [-0.05, 0) is 23.8 Å². The number of para-hydroxylation sites is 1. The van der Waals surface area contributed by atoms with Gasteiger partial charge >= 0.3 is 0 Å². The summed E-state index contributed by atoms with van der Waals surface area (Å²) < 4.78 is 21.7. The summed E-state index contributed by atoms with van der Waals surface area (Å²) in [5.74, 6) is -0.268. The number of ether oxygens (including phenoxy) is 1. The van der Waals surface area contributed by atoms with Crippen LogP contribution in [-0.2, 0) is 17.8 Å². The molecule has 1 fully saturated rings. The SMILES string of the molecule is Fc1cccc(Cl)c1Cn1cc(CNCCN2CCOCC2)c2ccccc21. The monoisotopic (exact) mass is 401 g/mol. The molecule has 2 aromatic carbocycles. The van der Waals surface area contributed by atoms with Gasteiger partial charge in [0.25, 0.3) is 0 Å². The Hall–Kier alpha value is -1.92. The van der Waals surface area contributed by atoms with Crippen molar-refractivity contribution in [1.29, 1.82) is 0 Å². The van der Waals surface area contributed by atoms with Crippen LogP contribution < -0.4 is 5.32 Å². The van der Waals surface area contributed by atoms with Gasteiger partial charge in [0.15, 0.2) is 0 Å². The van der Waals surface area contributed by atoms with Gasteiger partial charge in [0, 0.05) is 60.4 Å². The van der Waals surface area contributed by atoms with Crippen LogP contribution in [-0.4, -0.2) is 48.9 Å². The first-order chi connectivity index (χ1) is 13.7. The summed E-state index contributed by atoms with van der Waals surface area (Å²) in [5.41, 5.74) is 2.83. The highest BCUT2D eigenvalue weighted by Crippen LogP contribution is 2.25. The lowest BCUT2D eigenvalue weighted by molar-refractivity contribution is 0.0384. The number of halogens is 2. The molecule has 0 radical (unpaired) electrons. The number of morpholine rings is 1. The molecule has 1 aliphatic heterocycles. The maximum absolute atomic E-state index is 14.2. The van der Waals surface area contributed by atoms with Gasteiger partial charge in [0.05, 0.1) is 19.8 Å². The highest BCUT2D eigenvalue weighted by molar-refractivity contribution is 6.31. The third kappa shape index (κ3) is 4.39. The van der Waals surface area contributed by atoms with Crippen molar-refractivity contribution in [2.45, 2.75) is 13.1 Å². The molecule has 1 N–H and O–H groups in total. The second-order valence-electron chi connectivity index (χ2n) is 7.13. The molecule has 1 aromatic heterocycles. The van der Waals surface area contributed by atoms with Gasteiger partial charge in [-0.3, -0.25) is 4.90 Å². The van der Waals surface area contributed by atoms with E-state index in [9.17, 15) is 4.39 Å². The summed E-state index contributed by atoms with van der Waals surface area (Å²) in [6.45, 7) is 6.81. The number of nitrogens with zero attached hydrogens (tertiary/aromatic N) is 2. The van der Waals surface area contributed by atoms with Crippen LogP contribution in [0.2, 0.25) is 5.02 Å². The Kier molecular flexibility index (Phi) is 6.27. The van der Waals surface area contributed by atoms with Crippen LogP contribution >= 0.6 is 11.6 Å². The lowest BCUT2D eigenvalue weighted by atomic mass is 10.2.